The van der Waals surface area contributed by atoms with Crippen molar-refractivity contribution in [3.63, 3.8) is 0 Å². The zero-order valence-corrected chi connectivity index (χ0v) is 18.7. The first-order valence-corrected chi connectivity index (χ1v) is 10.8. The Morgan fingerprint density at radius 3 is 2.50 bits per heavy atom. The molecule has 0 spiro atoms. The van der Waals surface area contributed by atoms with Crippen LogP contribution in [0.3, 0.4) is 0 Å². The summed E-state index contributed by atoms with van der Waals surface area (Å²) in [5, 5.41) is 9.70. The lowest BCUT2D eigenvalue weighted by atomic mass is 9.96. The molecule has 1 aliphatic rings. The van der Waals surface area contributed by atoms with E-state index in [2.05, 4.69) is 15.7 Å². The first kappa shape index (κ1) is 23.5. The predicted molar refractivity (Wildman–Crippen MR) is 120 cm³/mol. The summed E-state index contributed by atoms with van der Waals surface area (Å²) < 4.78 is 53.2. The van der Waals surface area contributed by atoms with Crippen LogP contribution in [0.15, 0.2) is 60.8 Å². The van der Waals surface area contributed by atoms with Crippen molar-refractivity contribution in [2.24, 2.45) is 0 Å². The number of halogens is 3. The fourth-order valence-electron chi connectivity index (χ4n) is 3.89. The number of hydrogen-bond donors (Lipinski definition) is 2. The maximum absolute atomic E-state index is 13.8. The Bertz CT molecular complexity index is 1120. The van der Waals surface area contributed by atoms with Gasteiger partial charge in [-0.05, 0) is 36.8 Å². The minimum atomic E-state index is -4.51. The summed E-state index contributed by atoms with van der Waals surface area (Å²) in [6.07, 6.45) is -3.95. The number of hydrogen-bond acceptors (Lipinski definition) is 5. The normalized spacial score (nSPS) is 18.4. The quantitative estimate of drug-likeness (QED) is 0.517. The highest BCUT2D eigenvalue weighted by atomic mass is 19.4. The number of carbonyl (C=O) groups excluding carboxylic acids is 1. The highest BCUT2D eigenvalue weighted by molar-refractivity contribution is 5.98. The molecule has 0 aliphatic carbocycles. The molecule has 1 aliphatic heterocycles. The molecular weight excluding hydrogens is 449 g/mol. The largest absolute Gasteiger partial charge is 0.497 e. The van der Waals surface area contributed by atoms with Crippen molar-refractivity contribution < 1.29 is 27.4 Å². The van der Waals surface area contributed by atoms with Crippen LogP contribution in [0.1, 0.15) is 41.3 Å². The molecule has 2 heterocycles. The number of benzene rings is 2. The molecule has 0 saturated carbocycles. The van der Waals surface area contributed by atoms with Gasteiger partial charge in [-0.1, -0.05) is 30.3 Å². The standard InChI is InChI=1S/C24H25F3N4O3/c1-15(34-18-10-8-17(33-2)9-11-18)13-28-23(32)19-14-29-31-21(24(25,26)27)12-20(30-22(19)31)16-6-4-3-5-7-16/h3-11,14-15,20-21,30H,12-13H2,1-2H3,(H,28,32)/t15?,20-,21+/m1/s1. The van der Waals surface area contributed by atoms with Gasteiger partial charge in [0.05, 0.1) is 25.9 Å². The molecule has 2 aromatic carbocycles. The van der Waals surface area contributed by atoms with Gasteiger partial charge in [-0.2, -0.15) is 18.3 Å². The molecule has 0 fully saturated rings. The number of carbonyl (C=O) groups is 1. The van der Waals surface area contributed by atoms with Crippen molar-refractivity contribution in [3.05, 3.63) is 71.9 Å². The van der Waals surface area contributed by atoms with Crippen LogP contribution in [-0.2, 0) is 0 Å². The van der Waals surface area contributed by atoms with Gasteiger partial charge in [0.1, 0.15) is 29.0 Å². The monoisotopic (exact) mass is 474 g/mol. The number of ether oxygens (including phenoxy) is 2. The van der Waals surface area contributed by atoms with Crippen molar-refractivity contribution in [3.8, 4) is 11.5 Å². The van der Waals surface area contributed by atoms with E-state index >= 15 is 0 Å². The summed E-state index contributed by atoms with van der Waals surface area (Å²) in [6, 6.07) is 13.4. The summed E-state index contributed by atoms with van der Waals surface area (Å²) in [6.45, 7) is 1.93. The molecule has 0 radical (unpaired) electrons. The maximum Gasteiger partial charge on any atom is 0.410 e. The van der Waals surface area contributed by atoms with E-state index in [4.69, 9.17) is 9.47 Å². The van der Waals surface area contributed by atoms with Crippen LogP contribution < -0.4 is 20.1 Å². The van der Waals surface area contributed by atoms with Crippen molar-refractivity contribution >= 4 is 11.7 Å². The van der Waals surface area contributed by atoms with Gasteiger partial charge in [-0.3, -0.25) is 4.79 Å². The third-order valence-electron chi connectivity index (χ3n) is 5.63. The van der Waals surface area contributed by atoms with Crippen LogP contribution in [0.5, 0.6) is 11.5 Å². The summed E-state index contributed by atoms with van der Waals surface area (Å²) in [5.41, 5.74) is 0.753. The number of fused-ring (bicyclic) bond motifs is 1. The van der Waals surface area contributed by atoms with E-state index < -0.39 is 24.2 Å². The molecule has 1 aromatic heterocycles. The van der Waals surface area contributed by atoms with Crippen molar-refractivity contribution in [1.82, 2.24) is 15.1 Å². The molecule has 3 atom stereocenters. The van der Waals surface area contributed by atoms with Gasteiger partial charge in [-0.25, -0.2) is 4.68 Å². The lowest BCUT2D eigenvalue weighted by Crippen LogP contribution is -2.37. The molecule has 1 amide bonds. The fraction of sp³-hybridized carbons (Fsp3) is 0.333. The van der Waals surface area contributed by atoms with E-state index in [1.807, 2.05) is 0 Å². The minimum absolute atomic E-state index is 0.0450. The molecule has 2 N–H and O–H groups in total. The van der Waals surface area contributed by atoms with Crippen LogP contribution >= 0.6 is 0 Å². The smallest absolute Gasteiger partial charge is 0.410 e. The van der Waals surface area contributed by atoms with Gasteiger partial charge in [0.2, 0.25) is 0 Å². The topological polar surface area (TPSA) is 77.4 Å². The number of methoxy groups -OCH3 is 1. The Morgan fingerprint density at radius 2 is 1.85 bits per heavy atom. The van der Waals surface area contributed by atoms with Gasteiger partial charge >= 0.3 is 6.18 Å². The molecule has 10 heteroatoms. The van der Waals surface area contributed by atoms with Gasteiger partial charge in [0.15, 0.2) is 6.04 Å². The zero-order chi connectivity index (χ0) is 24.3. The molecule has 7 nitrogen and oxygen atoms in total. The van der Waals surface area contributed by atoms with E-state index in [9.17, 15) is 18.0 Å². The SMILES string of the molecule is COc1ccc(OC(C)CNC(=O)c2cnn3c2N[C@@H](c2ccccc2)C[C@H]3C(F)(F)F)cc1. The second-order valence-electron chi connectivity index (χ2n) is 8.07. The Balaban J connectivity index is 1.47. The molecule has 0 bridgehead atoms. The van der Waals surface area contributed by atoms with Crippen LogP contribution in [0.2, 0.25) is 0 Å². The second kappa shape index (κ2) is 9.66. The first-order chi connectivity index (χ1) is 16.3. The van der Waals surface area contributed by atoms with Crippen molar-refractivity contribution in [1.29, 1.82) is 0 Å². The summed E-state index contributed by atoms with van der Waals surface area (Å²) in [5.74, 6) is 0.806. The number of nitrogens with one attached hydrogen (secondary N) is 2. The Hall–Kier alpha value is -3.69. The van der Waals surface area contributed by atoms with E-state index in [0.717, 1.165) is 4.68 Å². The lowest BCUT2D eigenvalue weighted by molar-refractivity contribution is -0.173. The van der Waals surface area contributed by atoms with Crippen LogP contribution in [0.25, 0.3) is 0 Å². The molecule has 3 aromatic rings. The Morgan fingerprint density at radius 1 is 1.18 bits per heavy atom. The van der Waals surface area contributed by atoms with Gasteiger partial charge in [-0.15, -0.1) is 0 Å². The Labute approximate surface area is 194 Å². The number of amides is 1. The zero-order valence-electron chi connectivity index (χ0n) is 18.7. The molecule has 0 saturated heterocycles. The Kier molecular flexibility index (Phi) is 6.67. The number of anilines is 1. The van der Waals surface area contributed by atoms with Crippen LogP contribution in [0, 0.1) is 0 Å². The van der Waals surface area contributed by atoms with E-state index in [0.29, 0.717) is 17.1 Å². The molecule has 34 heavy (non-hydrogen) atoms. The maximum atomic E-state index is 13.8. The molecule has 1 unspecified atom stereocenters. The van der Waals surface area contributed by atoms with Crippen LogP contribution in [0.4, 0.5) is 19.0 Å². The van der Waals surface area contributed by atoms with Crippen molar-refractivity contribution in [2.75, 3.05) is 19.0 Å². The number of alkyl halides is 3. The second-order valence-corrected chi connectivity index (χ2v) is 8.07. The third kappa shape index (κ3) is 5.11. The number of rotatable bonds is 7. The van der Waals surface area contributed by atoms with E-state index in [1.54, 1.807) is 68.6 Å². The average molecular weight is 474 g/mol. The first-order valence-electron chi connectivity index (χ1n) is 10.8. The highest BCUT2D eigenvalue weighted by Gasteiger charge is 2.47. The molecule has 4 rings (SSSR count). The third-order valence-corrected chi connectivity index (χ3v) is 5.63. The van der Waals surface area contributed by atoms with Gasteiger partial charge < -0.3 is 20.1 Å². The summed E-state index contributed by atoms with van der Waals surface area (Å²) in [4.78, 5) is 12.9. The highest BCUT2D eigenvalue weighted by Crippen LogP contribution is 2.44. The predicted octanol–water partition coefficient (Wildman–Crippen LogP) is 4.75. The summed E-state index contributed by atoms with van der Waals surface area (Å²) in [7, 11) is 1.57. The minimum Gasteiger partial charge on any atom is -0.497 e. The van der Waals surface area contributed by atoms with E-state index in [-0.39, 0.29) is 30.5 Å². The van der Waals surface area contributed by atoms with Gasteiger partial charge in [0, 0.05) is 6.42 Å². The number of nitrogens with zero attached hydrogens (tertiary/aromatic N) is 2. The van der Waals surface area contributed by atoms with E-state index in [1.165, 1.54) is 6.20 Å². The van der Waals surface area contributed by atoms with Gasteiger partial charge in [0.25, 0.3) is 5.91 Å². The van der Waals surface area contributed by atoms with Crippen molar-refractivity contribution in [2.45, 2.75) is 37.7 Å². The average Bonchev–Trinajstić information content (AvgIpc) is 3.26. The number of aromatic nitrogens is 2. The fourth-order valence-corrected chi connectivity index (χ4v) is 3.89. The summed E-state index contributed by atoms with van der Waals surface area (Å²) >= 11 is 0. The van der Waals surface area contributed by atoms with Crippen LogP contribution in [-0.4, -0.2) is 41.6 Å². The molecule has 180 valence electrons. The lowest BCUT2D eigenvalue weighted by Gasteiger charge is -2.34. The molecular formula is C24H25F3N4O3.